The van der Waals surface area contributed by atoms with Gasteiger partial charge in [-0.2, -0.15) is 0 Å². The Hall–Kier alpha value is -4.13. The maximum absolute atomic E-state index is 11.4. The number of ether oxygens (including phenoxy) is 1. The number of carbonyl (C=O) groups is 1. The second-order valence-electron chi connectivity index (χ2n) is 7.95. The number of benzene rings is 1. The predicted octanol–water partition coefficient (Wildman–Crippen LogP) is 4.38. The Kier molecular flexibility index (Phi) is 5.76. The quantitative estimate of drug-likeness (QED) is 0.415. The minimum Gasteiger partial charge on any atom is -0.493 e. The molecule has 1 aliphatic rings. The number of anilines is 1. The number of carboxylic acid groups (broad SMARTS) is 1. The molecule has 2 N–H and O–H groups in total. The lowest BCUT2D eigenvalue weighted by Crippen LogP contribution is -2.14. The van der Waals surface area contributed by atoms with Crippen molar-refractivity contribution in [2.45, 2.75) is 19.3 Å². The number of aromatic nitrogens is 3. The summed E-state index contributed by atoms with van der Waals surface area (Å²) in [6, 6.07) is 15.6. The highest BCUT2D eigenvalue weighted by atomic mass is 16.5. The molecule has 0 aliphatic carbocycles. The van der Waals surface area contributed by atoms with Crippen molar-refractivity contribution in [2.75, 3.05) is 18.5 Å². The summed E-state index contributed by atoms with van der Waals surface area (Å²) in [5.74, 6) is 0.763. The van der Waals surface area contributed by atoms with E-state index in [1.807, 2.05) is 35.0 Å². The van der Waals surface area contributed by atoms with Gasteiger partial charge in [0.15, 0.2) is 0 Å². The first kappa shape index (κ1) is 20.8. The summed E-state index contributed by atoms with van der Waals surface area (Å²) in [4.78, 5) is 20.2. The third-order valence-corrected chi connectivity index (χ3v) is 5.74. The molecule has 4 heterocycles. The summed E-state index contributed by atoms with van der Waals surface area (Å²) >= 11 is 0. The largest absolute Gasteiger partial charge is 0.493 e. The van der Waals surface area contributed by atoms with Gasteiger partial charge in [-0.15, -0.1) is 0 Å². The second-order valence-corrected chi connectivity index (χ2v) is 7.95. The van der Waals surface area contributed by atoms with E-state index >= 15 is 0 Å². The Morgan fingerprint density at radius 3 is 2.88 bits per heavy atom. The number of fused-ring (bicyclic) bond motifs is 2. The number of hydrogen-bond acceptors (Lipinski definition) is 5. The van der Waals surface area contributed by atoms with E-state index in [0.29, 0.717) is 12.3 Å². The predicted molar refractivity (Wildman–Crippen MR) is 127 cm³/mol. The molecule has 0 saturated carbocycles. The molecule has 0 fully saturated rings. The summed E-state index contributed by atoms with van der Waals surface area (Å²) in [6.07, 6.45) is 9.33. The van der Waals surface area contributed by atoms with E-state index < -0.39 is 5.97 Å². The summed E-state index contributed by atoms with van der Waals surface area (Å²) in [6.45, 7) is 1.50. The van der Waals surface area contributed by atoms with Crippen molar-refractivity contribution < 1.29 is 14.6 Å². The van der Waals surface area contributed by atoms with E-state index in [4.69, 9.17) is 9.72 Å². The van der Waals surface area contributed by atoms with Crippen molar-refractivity contribution in [3.63, 3.8) is 0 Å². The van der Waals surface area contributed by atoms with Crippen LogP contribution >= 0.6 is 0 Å². The molecule has 7 nitrogen and oxygen atoms in total. The molecule has 0 saturated heterocycles. The van der Waals surface area contributed by atoms with Gasteiger partial charge in [0.1, 0.15) is 11.6 Å². The van der Waals surface area contributed by atoms with Crippen LogP contribution in [-0.4, -0.2) is 38.8 Å². The lowest BCUT2D eigenvalue weighted by molar-refractivity contribution is -0.131. The monoisotopic (exact) mass is 440 g/mol. The number of nitrogens with zero attached hydrogens (tertiary/aromatic N) is 3. The lowest BCUT2D eigenvalue weighted by Gasteiger charge is -2.17. The lowest BCUT2D eigenvalue weighted by atomic mass is 10.1. The molecule has 0 spiro atoms. The van der Waals surface area contributed by atoms with Crippen molar-refractivity contribution in [1.82, 2.24) is 14.5 Å². The highest BCUT2D eigenvalue weighted by molar-refractivity contribution is 5.94. The van der Waals surface area contributed by atoms with E-state index in [0.717, 1.165) is 59.5 Å². The van der Waals surface area contributed by atoms with Crippen LogP contribution in [0.15, 0.2) is 73.2 Å². The van der Waals surface area contributed by atoms with Crippen LogP contribution in [0.4, 0.5) is 5.82 Å². The van der Waals surface area contributed by atoms with Crippen LogP contribution < -0.4 is 10.1 Å². The molecule has 3 aromatic heterocycles. The Morgan fingerprint density at radius 2 is 2.03 bits per heavy atom. The van der Waals surface area contributed by atoms with Gasteiger partial charge in [0.05, 0.1) is 17.8 Å². The van der Waals surface area contributed by atoms with Gasteiger partial charge >= 0.3 is 5.97 Å². The number of rotatable bonds is 7. The third-order valence-electron chi connectivity index (χ3n) is 5.74. The van der Waals surface area contributed by atoms with Gasteiger partial charge in [0.25, 0.3) is 0 Å². The summed E-state index contributed by atoms with van der Waals surface area (Å²) < 4.78 is 7.86. The summed E-state index contributed by atoms with van der Waals surface area (Å²) in [5, 5.41) is 13.7. The zero-order valence-electron chi connectivity index (χ0n) is 18.1. The molecular weight excluding hydrogens is 416 g/mol. The highest BCUT2D eigenvalue weighted by Gasteiger charge is 2.12. The molecule has 166 valence electrons. The Morgan fingerprint density at radius 1 is 1.15 bits per heavy atom. The molecule has 5 rings (SSSR count). The maximum atomic E-state index is 11.4. The molecule has 0 radical (unpaired) electrons. The molecule has 4 aromatic rings. The van der Waals surface area contributed by atoms with Gasteiger partial charge in [0.2, 0.25) is 0 Å². The topological polar surface area (TPSA) is 89.3 Å². The number of aryl methyl sites for hydroxylation is 1. The molecule has 7 heteroatoms. The van der Waals surface area contributed by atoms with Gasteiger partial charge in [0, 0.05) is 54.3 Å². The van der Waals surface area contributed by atoms with Gasteiger partial charge in [-0.1, -0.05) is 6.07 Å². The fourth-order valence-electron chi connectivity index (χ4n) is 4.13. The Labute approximate surface area is 191 Å². The fourth-order valence-corrected chi connectivity index (χ4v) is 4.13. The highest BCUT2D eigenvalue weighted by Crippen LogP contribution is 2.27. The average Bonchev–Trinajstić information content (AvgIpc) is 3.26. The first-order chi connectivity index (χ1) is 16.2. The van der Waals surface area contributed by atoms with Crippen LogP contribution in [-0.2, 0) is 17.6 Å². The molecular formula is C26H24N4O3. The Balaban J connectivity index is 1.32. The standard InChI is InChI=1S/C26H24N4O3/c31-25(32)17-24(18-7-12-27-13-8-18)30-14-9-20-16-22(5-6-23(20)30)33-15-10-21-4-3-19-2-1-11-28-26(19)29-21/h3-9,12-14,16-17H,1-2,10-11,15H2,(H,28,29)(H,31,32)/b24-17+. The van der Waals surface area contributed by atoms with Crippen LogP contribution in [0.2, 0.25) is 0 Å². The van der Waals surface area contributed by atoms with Crippen molar-refractivity contribution in [1.29, 1.82) is 0 Å². The van der Waals surface area contributed by atoms with E-state index in [1.165, 1.54) is 11.6 Å². The normalized spacial score (nSPS) is 13.4. The third kappa shape index (κ3) is 4.57. The van der Waals surface area contributed by atoms with Crippen LogP contribution in [0.5, 0.6) is 5.75 Å². The number of hydrogen-bond donors (Lipinski definition) is 2. The van der Waals surface area contributed by atoms with Crippen molar-refractivity contribution in [2.24, 2.45) is 0 Å². The first-order valence-corrected chi connectivity index (χ1v) is 11.0. The molecule has 33 heavy (non-hydrogen) atoms. The number of nitrogens with one attached hydrogen (secondary N) is 1. The smallest absolute Gasteiger partial charge is 0.330 e. The van der Waals surface area contributed by atoms with E-state index in [9.17, 15) is 9.90 Å². The van der Waals surface area contributed by atoms with Gasteiger partial charge in [-0.25, -0.2) is 9.78 Å². The molecule has 1 aromatic carbocycles. The molecule has 0 amide bonds. The van der Waals surface area contributed by atoms with Crippen molar-refractivity contribution >= 4 is 28.4 Å². The zero-order valence-corrected chi connectivity index (χ0v) is 18.1. The van der Waals surface area contributed by atoms with Crippen molar-refractivity contribution in [3.05, 3.63) is 90.0 Å². The van der Waals surface area contributed by atoms with Gasteiger partial charge in [-0.05, 0) is 60.9 Å². The van der Waals surface area contributed by atoms with E-state index in [-0.39, 0.29) is 0 Å². The summed E-state index contributed by atoms with van der Waals surface area (Å²) in [5.41, 5.74) is 4.53. The average molecular weight is 441 g/mol. The second kappa shape index (κ2) is 9.16. The number of pyridine rings is 2. The van der Waals surface area contributed by atoms with Crippen LogP contribution in [0.25, 0.3) is 16.6 Å². The molecule has 1 aliphatic heterocycles. The van der Waals surface area contributed by atoms with E-state index in [1.54, 1.807) is 24.5 Å². The minimum atomic E-state index is -1.00. The van der Waals surface area contributed by atoms with Gasteiger partial charge in [-0.3, -0.25) is 4.98 Å². The van der Waals surface area contributed by atoms with Crippen LogP contribution in [0.3, 0.4) is 0 Å². The number of carboxylic acids is 1. The SMILES string of the molecule is O=C(O)/C=C(\c1ccncc1)n1ccc2cc(OCCc3ccc4c(n3)NCCC4)ccc21. The summed E-state index contributed by atoms with van der Waals surface area (Å²) in [7, 11) is 0. The molecule has 0 unspecified atom stereocenters. The van der Waals surface area contributed by atoms with Crippen LogP contribution in [0.1, 0.15) is 23.2 Å². The minimum absolute atomic E-state index is 0.527. The zero-order chi connectivity index (χ0) is 22.6. The van der Waals surface area contributed by atoms with Gasteiger partial charge < -0.3 is 19.7 Å². The van der Waals surface area contributed by atoms with Crippen LogP contribution in [0, 0.1) is 0 Å². The molecule has 0 bridgehead atoms. The number of aliphatic carboxylic acids is 1. The van der Waals surface area contributed by atoms with Crippen molar-refractivity contribution in [3.8, 4) is 5.75 Å². The maximum Gasteiger partial charge on any atom is 0.330 e. The van der Waals surface area contributed by atoms with E-state index in [2.05, 4.69) is 22.4 Å². The fraction of sp³-hybridized carbons (Fsp3) is 0.192. The first-order valence-electron chi connectivity index (χ1n) is 11.0. The Bertz CT molecular complexity index is 1330. The molecule has 0 atom stereocenters.